The van der Waals surface area contributed by atoms with E-state index in [9.17, 15) is 48.3 Å². The van der Waals surface area contributed by atoms with Gasteiger partial charge in [-0.05, 0) is 161 Å². The van der Waals surface area contributed by atoms with Crippen molar-refractivity contribution in [1.29, 1.82) is 0 Å². The van der Waals surface area contributed by atoms with Gasteiger partial charge in [-0.15, -0.1) is 0 Å². The molecule has 30 heteroatoms. The Labute approximate surface area is 550 Å². The van der Waals surface area contributed by atoms with E-state index in [1.165, 1.54) is 76.1 Å². The Morgan fingerprint density at radius 3 is 1.24 bits per heavy atom. The van der Waals surface area contributed by atoms with Gasteiger partial charge in [0.05, 0.1) is 37.6 Å². The largest absolute Gasteiger partial charge is 0.534 e. The minimum absolute atomic E-state index is 0. The molecule has 0 aliphatic carbocycles. The predicted molar refractivity (Wildman–Crippen MR) is 342 cm³/mol. The fourth-order valence-electron chi connectivity index (χ4n) is 6.95. The van der Waals surface area contributed by atoms with E-state index < -0.39 is 51.7 Å². The van der Waals surface area contributed by atoms with E-state index in [1.807, 2.05) is 50.2 Å². The zero-order valence-corrected chi connectivity index (χ0v) is 53.6. The van der Waals surface area contributed by atoms with Gasteiger partial charge in [-0.1, -0.05) is 128 Å². The molecule has 0 aliphatic heterocycles. The molecule has 0 unspecified atom stereocenters. The van der Waals surface area contributed by atoms with E-state index in [1.54, 1.807) is 54.6 Å². The van der Waals surface area contributed by atoms with Gasteiger partial charge in [-0.2, -0.15) is 21.6 Å². The summed E-state index contributed by atoms with van der Waals surface area (Å²) in [5, 5.41) is 48.3. The Kier molecular flexibility index (Phi) is 32.5. The van der Waals surface area contributed by atoms with Crippen LogP contribution in [0, 0.1) is 42.9 Å². The van der Waals surface area contributed by atoms with Gasteiger partial charge in [0.1, 0.15) is 5.75 Å². The summed E-state index contributed by atoms with van der Waals surface area (Å²) in [6, 6.07) is 40.5. The molecular weight excluding hydrogens is 1400 g/mol. The van der Waals surface area contributed by atoms with Gasteiger partial charge >= 0.3 is 22.7 Å². The fraction of sp³-hybridized carbons (Fsp3) is 0.0968. The number of ether oxygens (including phenoxy) is 3. The molecule has 0 amide bonds. The van der Waals surface area contributed by atoms with Gasteiger partial charge in [0, 0.05) is 31.7 Å². The van der Waals surface area contributed by atoms with Crippen molar-refractivity contribution in [3.63, 3.8) is 0 Å². The van der Waals surface area contributed by atoms with Gasteiger partial charge in [0.15, 0.2) is 64.1 Å². The zero-order chi connectivity index (χ0) is 67.2. The van der Waals surface area contributed by atoms with Crippen LogP contribution in [0.1, 0.15) is 27.0 Å². The summed E-state index contributed by atoms with van der Waals surface area (Å²) in [6.07, 6.45) is 1.58. The highest BCUT2D eigenvalue weighted by Crippen LogP contribution is 2.33. The van der Waals surface area contributed by atoms with Crippen LogP contribution in [-0.2, 0) is 10.1 Å². The number of benzene rings is 9. The number of oxime groups is 1. The van der Waals surface area contributed by atoms with Crippen LogP contribution < -0.4 is 23.9 Å². The van der Waals surface area contributed by atoms with Crippen molar-refractivity contribution in [1.82, 2.24) is 0 Å². The SMILES string of the molecule is COc1ccc(-c2ccc(C)c(Cl)c2)cc1F.COc1ccc(B(O)O)cc1F.COc1ccc(Br)cc1F.Cc1ccc(-c2ccc(O)c(F)c2)cc1Cl.O.O.O/N=C/c1ccc(-c2ccc(O)c(F)c2)cc1Cl.O=Cc1ccc(OS(=O)(=O)C(F)(F)F)cc1Cl. The second-order valence-electron chi connectivity index (χ2n) is 17.9. The summed E-state index contributed by atoms with van der Waals surface area (Å²) in [5.41, 5.74) is 1.61. The highest BCUT2D eigenvalue weighted by Gasteiger charge is 2.48. The molecule has 9 N–H and O–H groups in total. The van der Waals surface area contributed by atoms with Crippen LogP contribution in [0.15, 0.2) is 173 Å². The Hall–Kier alpha value is -8.15. The van der Waals surface area contributed by atoms with Crippen molar-refractivity contribution in [3.8, 4) is 67.9 Å². The average Bonchev–Trinajstić information content (AvgIpc) is 1.12. The van der Waals surface area contributed by atoms with Crippen molar-refractivity contribution in [2.24, 2.45) is 5.16 Å². The quantitative estimate of drug-likeness (QED) is 0.0118. The normalized spacial score (nSPS) is 10.4. The van der Waals surface area contributed by atoms with Crippen LogP contribution in [0.3, 0.4) is 0 Å². The topological polar surface area (TPSA) is 265 Å². The molecule has 0 heterocycles. The number of aldehydes is 1. The van der Waals surface area contributed by atoms with E-state index in [2.05, 4.69) is 30.0 Å². The van der Waals surface area contributed by atoms with Crippen molar-refractivity contribution in [3.05, 3.63) is 240 Å². The van der Waals surface area contributed by atoms with Gasteiger partial charge in [-0.3, -0.25) is 4.79 Å². The molecular formula is C62H53BBrCl4F8NO14S. The van der Waals surface area contributed by atoms with Crippen molar-refractivity contribution in [2.75, 3.05) is 21.3 Å². The number of alkyl halides is 3. The minimum Gasteiger partial charge on any atom is -0.505 e. The van der Waals surface area contributed by atoms with Gasteiger partial charge in [0.2, 0.25) is 0 Å². The van der Waals surface area contributed by atoms with Crippen LogP contribution in [0.25, 0.3) is 33.4 Å². The van der Waals surface area contributed by atoms with Crippen LogP contribution in [0.2, 0.25) is 20.1 Å². The third-order valence-corrected chi connectivity index (χ3v) is 14.7. The Balaban J connectivity index is 0.000000378. The number of rotatable bonds is 11. The second kappa shape index (κ2) is 37.4. The average molecular weight is 1450 g/mol. The number of carbonyl (C=O) groups excluding carboxylic acids is 1. The number of phenolic OH excluding ortho intramolecular Hbond substituents is 2. The van der Waals surface area contributed by atoms with E-state index in [0.717, 1.165) is 52.1 Å². The molecule has 490 valence electrons. The molecule has 0 saturated heterocycles. The number of hydrogen-bond donors (Lipinski definition) is 5. The monoisotopic (exact) mass is 1450 g/mol. The Morgan fingerprint density at radius 1 is 0.500 bits per heavy atom. The maximum Gasteiger partial charge on any atom is 0.534 e. The van der Waals surface area contributed by atoms with E-state index >= 15 is 0 Å². The third-order valence-electron chi connectivity index (χ3n) is 11.8. The van der Waals surface area contributed by atoms with Gasteiger partial charge in [0.25, 0.3) is 0 Å². The van der Waals surface area contributed by atoms with Gasteiger partial charge < -0.3 is 54.8 Å². The Bertz CT molecular complexity index is 4040. The summed E-state index contributed by atoms with van der Waals surface area (Å²) >= 11 is 26.6. The van der Waals surface area contributed by atoms with Crippen molar-refractivity contribution >= 4 is 97.5 Å². The second-order valence-corrected chi connectivity index (χ2v) is 22.0. The molecule has 92 heavy (non-hydrogen) atoms. The van der Waals surface area contributed by atoms with E-state index in [4.69, 9.17) is 81.3 Å². The highest BCUT2D eigenvalue weighted by molar-refractivity contribution is 9.10. The molecule has 0 bridgehead atoms. The number of phenols is 2. The minimum atomic E-state index is -5.73. The number of halogens is 13. The first kappa shape index (κ1) is 79.9. The number of carbonyl (C=O) groups is 1. The lowest BCUT2D eigenvalue weighted by Gasteiger charge is -2.09. The maximum atomic E-state index is 13.6. The lowest BCUT2D eigenvalue weighted by Crippen LogP contribution is -2.29. The summed E-state index contributed by atoms with van der Waals surface area (Å²) in [6.45, 7) is 3.84. The lowest BCUT2D eigenvalue weighted by atomic mass is 9.80. The number of methoxy groups -OCH3 is 3. The first-order chi connectivity index (χ1) is 42.4. The lowest BCUT2D eigenvalue weighted by molar-refractivity contribution is -0.0500. The molecule has 0 aromatic heterocycles. The number of aromatic hydroxyl groups is 2. The van der Waals surface area contributed by atoms with Crippen LogP contribution in [0.4, 0.5) is 35.1 Å². The maximum absolute atomic E-state index is 13.6. The summed E-state index contributed by atoms with van der Waals surface area (Å²) < 4.78 is 141. The number of aryl methyl sites for hydroxylation is 2. The summed E-state index contributed by atoms with van der Waals surface area (Å²) in [4.78, 5) is 10.4. The van der Waals surface area contributed by atoms with E-state index in [0.29, 0.717) is 48.1 Å². The highest BCUT2D eigenvalue weighted by atomic mass is 79.9. The fourth-order valence-corrected chi connectivity index (χ4v) is 8.54. The predicted octanol–water partition coefficient (Wildman–Crippen LogP) is 15.1. The van der Waals surface area contributed by atoms with Crippen LogP contribution in [-0.4, -0.2) is 91.3 Å². The summed E-state index contributed by atoms with van der Waals surface area (Å²) in [7, 11) is -3.16. The molecule has 0 saturated carbocycles. The first-order valence-corrected chi connectivity index (χ1v) is 28.8. The molecule has 0 atom stereocenters. The number of nitrogens with zero attached hydrogens (tertiary/aromatic N) is 1. The van der Waals surface area contributed by atoms with Gasteiger partial charge in [-0.25, -0.2) is 22.0 Å². The molecule has 0 radical (unpaired) electrons. The smallest absolute Gasteiger partial charge is 0.505 e. The summed E-state index contributed by atoms with van der Waals surface area (Å²) in [5.74, 6) is -3.43. The Morgan fingerprint density at radius 2 is 0.870 bits per heavy atom. The van der Waals surface area contributed by atoms with Crippen molar-refractivity contribution in [2.45, 2.75) is 19.4 Å². The molecule has 0 aliphatic rings. The molecule has 9 rings (SSSR count). The molecule has 9 aromatic carbocycles. The zero-order valence-electron chi connectivity index (χ0n) is 48.2. The molecule has 15 nitrogen and oxygen atoms in total. The van der Waals surface area contributed by atoms with E-state index in [-0.39, 0.29) is 61.6 Å². The standard InChI is InChI=1S/C14H12ClFO.C13H9ClFNO2.C13H10ClFO.C8H4ClF3O4S.C7H8BFO3.C7H6BrFO.2H2O/c1-9-3-4-10(7-12(9)15)11-5-6-14(17-2)13(16)8-11;14-11-5-8(1-2-10(11)7-16-18)9-3-4-13(17)12(15)6-9;1-8-2-3-9(6-11(8)14)10-4-5-13(16)12(15)7-10;9-7-3-6(2-1-5(7)4-13)16-17(14,15)8(10,11)12;1-12-7-3-2-5(8(10)11)4-6(7)9;1-10-7-3-2-5(8)4-6(7)9;;/h3-8H,1-2H3;1-7,17-18H;2-7,16H,1H3;1-4H;2-4,10-11H,1H3;2-4H,1H3;2*1H2/b;16-7+;;;;;;. The third kappa shape index (κ3) is 23.8. The molecule has 0 spiro atoms. The molecule has 0 fully saturated rings. The van der Waals surface area contributed by atoms with Crippen LogP contribution >= 0.6 is 62.3 Å². The van der Waals surface area contributed by atoms with Crippen LogP contribution in [0.5, 0.6) is 34.5 Å². The van der Waals surface area contributed by atoms with Crippen molar-refractivity contribution < 1.29 is 103 Å². The number of hydrogen-bond acceptors (Lipinski definition) is 13. The first-order valence-electron chi connectivity index (χ1n) is 25.1. The molecule has 9 aromatic rings.